The van der Waals surface area contributed by atoms with Crippen LogP contribution in [0.25, 0.3) is 0 Å². The summed E-state index contributed by atoms with van der Waals surface area (Å²) in [6.07, 6.45) is -3.32. The molecule has 1 aromatic rings. The molecule has 1 amide bonds. The molecule has 9 heteroatoms. The molecule has 1 unspecified atom stereocenters. The summed E-state index contributed by atoms with van der Waals surface area (Å²) in [5, 5.41) is 2.94. The number of alkyl halides is 3. The van der Waals surface area contributed by atoms with E-state index in [2.05, 4.69) is 28.8 Å². The number of fused-ring (bicyclic) bond motifs is 1. The fraction of sp³-hybridized carbons (Fsp3) is 0.667. The van der Waals surface area contributed by atoms with Crippen molar-refractivity contribution in [3.05, 3.63) is 23.8 Å². The predicted molar refractivity (Wildman–Crippen MR) is 108 cm³/mol. The first-order valence-electron chi connectivity index (χ1n) is 10.4. The van der Waals surface area contributed by atoms with Crippen molar-refractivity contribution in [2.24, 2.45) is 5.92 Å². The van der Waals surface area contributed by atoms with Gasteiger partial charge in [0.25, 0.3) is 0 Å². The zero-order chi connectivity index (χ0) is 21.7. The summed E-state index contributed by atoms with van der Waals surface area (Å²) in [6.45, 7) is 9.04. The molecule has 0 aliphatic carbocycles. The number of carbonyl (C=O) groups is 1. The Morgan fingerprint density at radius 1 is 1.33 bits per heavy atom. The van der Waals surface area contributed by atoms with Crippen molar-refractivity contribution in [1.29, 1.82) is 0 Å². The lowest BCUT2D eigenvalue weighted by atomic mass is 10.0. The van der Waals surface area contributed by atoms with E-state index in [-0.39, 0.29) is 24.3 Å². The first-order valence-corrected chi connectivity index (χ1v) is 10.4. The fourth-order valence-corrected chi connectivity index (χ4v) is 4.06. The predicted octanol–water partition coefficient (Wildman–Crippen LogP) is 2.81. The average molecular weight is 429 g/mol. The van der Waals surface area contributed by atoms with Gasteiger partial charge in [-0.05, 0) is 42.5 Å². The van der Waals surface area contributed by atoms with Gasteiger partial charge in [-0.25, -0.2) is 0 Å². The van der Waals surface area contributed by atoms with Crippen LogP contribution in [0.2, 0.25) is 0 Å². The highest BCUT2D eigenvalue weighted by Crippen LogP contribution is 2.32. The van der Waals surface area contributed by atoms with E-state index in [0.717, 1.165) is 37.3 Å². The van der Waals surface area contributed by atoms with Crippen LogP contribution in [0.15, 0.2) is 18.2 Å². The van der Waals surface area contributed by atoms with Crippen molar-refractivity contribution >= 4 is 11.6 Å². The molecule has 0 aromatic heterocycles. The summed E-state index contributed by atoms with van der Waals surface area (Å²) in [5.74, 6) is 0.232. The van der Waals surface area contributed by atoms with Gasteiger partial charge in [-0.3, -0.25) is 9.69 Å². The maximum Gasteiger partial charge on any atom is 0.573 e. The van der Waals surface area contributed by atoms with Crippen molar-refractivity contribution < 1.29 is 27.4 Å². The van der Waals surface area contributed by atoms with E-state index in [1.54, 1.807) is 6.07 Å². The van der Waals surface area contributed by atoms with Crippen molar-refractivity contribution in [2.45, 2.75) is 39.2 Å². The second-order valence-electron chi connectivity index (χ2n) is 8.31. The van der Waals surface area contributed by atoms with E-state index in [0.29, 0.717) is 32.0 Å². The number of nitrogens with zero attached hydrogens (tertiary/aromatic N) is 2. The van der Waals surface area contributed by atoms with Gasteiger partial charge in [-0.2, -0.15) is 0 Å². The van der Waals surface area contributed by atoms with Gasteiger partial charge in [0.15, 0.2) is 0 Å². The molecule has 1 fully saturated rings. The SMILES string of the molecule is CC(C)CN1CCOC(CNC(=O)CN2CCCc3cc(OC(F)(F)F)ccc32)C1. The Bertz CT molecular complexity index is 727. The molecule has 1 saturated heterocycles. The van der Waals surface area contributed by atoms with Gasteiger partial charge in [0.2, 0.25) is 5.91 Å². The molecule has 168 valence electrons. The minimum atomic E-state index is -4.71. The van der Waals surface area contributed by atoms with E-state index < -0.39 is 6.36 Å². The largest absolute Gasteiger partial charge is 0.573 e. The third-order valence-corrected chi connectivity index (χ3v) is 5.21. The number of carbonyl (C=O) groups excluding carboxylic acids is 1. The molecular weight excluding hydrogens is 399 g/mol. The minimum absolute atomic E-state index is 0.0304. The summed E-state index contributed by atoms with van der Waals surface area (Å²) in [5.41, 5.74) is 1.54. The highest BCUT2D eigenvalue weighted by Gasteiger charge is 2.32. The lowest BCUT2D eigenvalue weighted by molar-refractivity contribution is -0.274. The third kappa shape index (κ3) is 6.77. The van der Waals surface area contributed by atoms with Gasteiger partial charge < -0.3 is 19.7 Å². The van der Waals surface area contributed by atoms with Gasteiger partial charge in [0.05, 0.1) is 19.3 Å². The van der Waals surface area contributed by atoms with Crippen molar-refractivity contribution in [1.82, 2.24) is 10.2 Å². The van der Waals surface area contributed by atoms with Crippen molar-refractivity contribution in [2.75, 3.05) is 50.8 Å². The van der Waals surface area contributed by atoms with Gasteiger partial charge in [-0.15, -0.1) is 13.2 Å². The molecule has 30 heavy (non-hydrogen) atoms. The zero-order valence-electron chi connectivity index (χ0n) is 17.5. The standard InChI is InChI=1S/C21H30F3N3O3/c1-15(2)12-26-8-9-29-18(13-26)11-25-20(28)14-27-7-3-4-16-10-17(5-6-19(16)27)30-21(22,23)24/h5-6,10,15,18H,3-4,7-9,11-14H2,1-2H3,(H,25,28). The normalized spacial score (nSPS) is 20.2. The van der Waals surface area contributed by atoms with E-state index in [1.165, 1.54) is 12.1 Å². The van der Waals surface area contributed by atoms with Crippen molar-refractivity contribution in [3.63, 3.8) is 0 Å². The molecule has 0 saturated carbocycles. The lowest BCUT2D eigenvalue weighted by Gasteiger charge is -2.34. The molecule has 3 rings (SSSR count). The first kappa shape index (κ1) is 22.7. The second kappa shape index (κ2) is 9.87. The van der Waals surface area contributed by atoms with Gasteiger partial charge >= 0.3 is 6.36 Å². The fourth-order valence-electron chi connectivity index (χ4n) is 4.06. The number of hydrogen-bond donors (Lipinski definition) is 1. The van der Waals surface area contributed by atoms with Crippen molar-refractivity contribution in [3.8, 4) is 5.75 Å². The van der Waals surface area contributed by atoms with Crippen LogP contribution in [0.4, 0.5) is 18.9 Å². The second-order valence-corrected chi connectivity index (χ2v) is 8.31. The Hall–Kier alpha value is -2.00. The Labute approximate surface area is 175 Å². The topological polar surface area (TPSA) is 54.0 Å². The third-order valence-electron chi connectivity index (χ3n) is 5.21. The van der Waals surface area contributed by atoms with Crippen LogP contribution in [-0.2, 0) is 16.0 Å². The number of anilines is 1. The highest BCUT2D eigenvalue weighted by atomic mass is 19.4. The molecule has 2 aliphatic heterocycles. The molecule has 1 aromatic carbocycles. The number of benzene rings is 1. The maximum atomic E-state index is 12.5. The molecule has 0 radical (unpaired) electrons. The number of halogens is 3. The molecule has 6 nitrogen and oxygen atoms in total. The number of rotatable bonds is 7. The number of nitrogens with one attached hydrogen (secondary N) is 1. The first-order chi connectivity index (χ1) is 14.2. The summed E-state index contributed by atoms with van der Waals surface area (Å²) in [6, 6.07) is 4.30. The van der Waals surface area contributed by atoms with Crippen LogP contribution >= 0.6 is 0 Å². The molecule has 1 atom stereocenters. The quantitative estimate of drug-likeness (QED) is 0.723. The highest BCUT2D eigenvalue weighted by molar-refractivity contribution is 5.82. The van der Waals surface area contributed by atoms with Gasteiger partial charge in [-0.1, -0.05) is 13.8 Å². The Morgan fingerprint density at radius 3 is 2.87 bits per heavy atom. The van der Waals surface area contributed by atoms with E-state index >= 15 is 0 Å². The number of morpholine rings is 1. The number of hydrogen-bond acceptors (Lipinski definition) is 5. The molecule has 0 bridgehead atoms. The van der Waals surface area contributed by atoms with Crippen LogP contribution in [0.3, 0.4) is 0 Å². The Kier molecular flexibility index (Phi) is 7.46. The molecule has 2 heterocycles. The Morgan fingerprint density at radius 2 is 2.13 bits per heavy atom. The lowest BCUT2D eigenvalue weighted by Crippen LogP contribution is -2.49. The minimum Gasteiger partial charge on any atom is -0.406 e. The monoisotopic (exact) mass is 429 g/mol. The number of amides is 1. The van der Waals surface area contributed by atoms with Crippen LogP contribution in [0.5, 0.6) is 5.75 Å². The van der Waals surface area contributed by atoms with Crippen LogP contribution in [0.1, 0.15) is 25.8 Å². The zero-order valence-corrected chi connectivity index (χ0v) is 17.5. The number of ether oxygens (including phenoxy) is 2. The summed E-state index contributed by atoms with van der Waals surface area (Å²) < 4.78 is 47.1. The molecule has 0 spiro atoms. The number of aryl methyl sites for hydroxylation is 1. The maximum absolute atomic E-state index is 12.5. The molecule has 2 aliphatic rings. The molecular formula is C21H30F3N3O3. The van der Waals surface area contributed by atoms with Crippen LogP contribution in [0, 0.1) is 5.92 Å². The van der Waals surface area contributed by atoms with E-state index in [4.69, 9.17) is 4.74 Å². The smallest absolute Gasteiger partial charge is 0.406 e. The van der Waals surface area contributed by atoms with Gasteiger partial charge in [0, 0.05) is 38.4 Å². The summed E-state index contributed by atoms with van der Waals surface area (Å²) in [7, 11) is 0. The van der Waals surface area contributed by atoms with Crippen LogP contribution < -0.4 is 15.0 Å². The summed E-state index contributed by atoms with van der Waals surface area (Å²) >= 11 is 0. The summed E-state index contributed by atoms with van der Waals surface area (Å²) in [4.78, 5) is 16.7. The Balaban J connectivity index is 1.51. The van der Waals surface area contributed by atoms with Gasteiger partial charge in [0.1, 0.15) is 5.75 Å². The average Bonchev–Trinajstić information content (AvgIpc) is 2.65. The van der Waals surface area contributed by atoms with E-state index in [1.807, 2.05) is 4.90 Å². The molecule has 1 N–H and O–H groups in total. The van der Waals surface area contributed by atoms with E-state index in [9.17, 15) is 18.0 Å². The van der Waals surface area contributed by atoms with Crippen LogP contribution in [-0.4, -0.2) is 69.1 Å².